The minimum absolute atomic E-state index is 0.000115. The molecule has 0 bridgehead atoms. The molecule has 0 aliphatic carbocycles. The number of piperidine rings is 1. The monoisotopic (exact) mass is 476 g/mol. The summed E-state index contributed by atoms with van der Waals surface area (Å²) in [7, 11) is -3.89. The second-order valence-electron chi connectivity index (χ2n) is 7.90. The lowest BCUT2D eigenvalue weighted by Crippen LogP contribution is -2.39. The first kappa shape index (κ1) is 22.4. The number of carbonyl (C=O) groups excluding carboxylic acids is 3. The molecule has 0 saturated carbocycles. The minimum atomic E-state index is -3.89. The Hall–Kier alpha value is -2.75. The molecule has 2 amide bonds. The second kappa shape index (κ2) is 8.65. The molecular weight excluding hydrogens is 456 g/mol. The summed E-state index contributed by atoms with van der Waals surface area (Å²) < 4.78 is 32.7. The maximum atomic E-state index is 13.1. The SMILES string of the molecule is CC1CCCN(S(=O)(=O)c2cc(C(=O)OCN3C(=O)c4ccccc4C3=O)ccc2Cl)C1. The summed E-state index contributed by atoms with van der Waals surface area (Å²) in [6.07, 6.45) is 1.70. The van der Waals surface area contributed by atoms with Gasteiger partial charge in [0.1, 0.15) is 4.90 Å². The van der Waals surface area contributed by atoms with Crippen LogP contribution in [0.15, 0.2) is 47.4 Å². The Morgan fingerprint density at radius 3 is 2.41 bits per heavy atom. The van der Waals surface area contributed by atoms with E-state index in [0.29, 0.717) is 13.1 Å². The highest BCUT2D eigenvalue weighted by Crippen LogP contribution is 2.29. The van der Waals surface area contributed by atoms with Gasteiger partial charge in [-0.1, -0.05) is 30.7 Å². The van der Waals surface area contributed by atoms with Crippen molar-refractivity contribution < 1.29 is 27.5 Å². The zero-order chi connectivity index (χ0) is 23.0. The molecule has 2 heterocycles. The van der Waals surface area contributed by atoms with E-state index in [4.69, 9.17) is 16.3 Å². The van der Waals surface area contributed by atoms with Gasteiger partial charge in [0.25, 0.3) is 11.8 Å². The largest absolute Gasteiger partial charge is 0.440 e. The summed E-state index contributed by atoms with van der Waals surface area (Å²) in [6, 6.07) is 10.1. The van der Waals surface area contributed by atoms with E-state index >= 15 is 0 Å². The number of hydrogen-bond donors (Lipinski definition) is 0. The van der Waals surface area contributed by atoms with E-state index in [9.17, 15) is 22.8 Å². The summed E-state index contributed by atoms with van der Waals surface area (Å²) in [5.41, 5.74) is 0.433. The van der Waals surface area contributed by atoms with Crippen molar-refractivity contribution in [1.82, 2.24) is 9.21 Å². The van der Waals surface area contributed by atoms with E-state index < -0.39 is 34.5 Å². The number of esters is 1. The zero-order valence-electron chi connectivity index (χ0n) is 17.3. The van der Waals surface area contributed by atoms with Gasteiger partial charge in [-0.3, -0.25) is 9.59 Å². The first-order valence-electron chi connectivity index (χ1n) is 10.1. The van der Waals surface area contributed by atoms with Gasteiger partial charge in [0.2, 0.25) is 10.0 Å². The first-order chi connectivity index (χ1) is 15.2. The third-order valence-corrected chi connectivity index (χ3v) is 7.95. The number of hydrogen-bond acceptors (Lipinski definition) is 6. The minimum Gasteiger partial charge on any atom is -0.440 e. The molecule has 0 radical (unpaired) electrons. The third-order valence-electron chi connectivity index (χ3n) is 5.61. The molecule has 168 valence electrons. The Bertz CT molecular complexity index is 1180. The fraction of sp³-hybridized carbons (Fsp3) is 0.318. The van der Waals surface area contributed by atoms with E-state index in [1.165, 1.54) is 34.6 Å². The molecule has 8 nitrogen and oxygen atoms in total. The van der Waals surface area contributed by atoms with Gasteiger partial charge in [-0.2, -0.15) is 4.31 Å². The highest BCUT2D eigenvalue weighted by Gasteiger charge is 2.36. The first-order valence-corrected chi connectivity index (χ1v) is 11.9. The van der Waals surface area contributed by atoms with Crippen LogP contribution in [0.2, 0.25) is 5.02 Å². The highest BCUT2D eigenvalue weighted by molar-refractivity contribution is 7.89. The van der Waals surface area contributed by atoms with E-state index in [1.807, 2.05) is 6.92 Å². The number of fused-ring (bicyclic) bond motifs is 1. The van der Waals surface area contributed by atoms with Crippen molar-refractivity contribution in [1.29, 1.82) is 0 Å². The topological polar surface area (TPSA) is 101 Å². The lowest BCUT2D eigenvalue weighted by Gasteiger charge is -2.30. The van der Waals surface area contributed by atoms with Gasteiger partial charge in [-0.05, 0) is 49.1 Å². The molecule has 1 unspecified atom stereocenters. The number of rotatable bonds is 5. The molecule has 2 aromatic carbocycles. The standard InChI is InChI=1S/C22H21ClN2O6S/c1-14-5-4-10-24(12-14)32(29,30)19-11-15(8-9-18(19)23)22(28)31-13-25-20(26)16-6-2-3-7-17(16)21(25)27/h2-3,6-9,11,14H,4-5,10,12-13H2,1H3. The maximum absolute atomic E-state index is 13.1. The fourth-order valence-electron chi connectivity index (χ4n) is 3.89. The van der Waals surface area contributed by atoms with Crippen LogP contribution in [0.5, 0.6) is 0 Å². The Morgan fingerprint density at radius 2 is 1.78 bits per heavy atom. The third kappa shape index (κ3) is 4.03. The van der Waals surface area contributed by atoms with Crippen LogP contribution in [0.3, 0.4) is 0 Å². The van der Waals surface area contributed by atoms with E-state index in [1.54, 1.807) is 12.1 Å². The fourth-order valence-corrected chi connectivity index (χ4v) is 5.99. The van der Waals surface area contributed by atoms with Crippen LogP contribution in [0.4, 0.5) is 0 Å². The molecular formula is C22H21ClN2O6S. The molecule has 1 atom stereocenters. The van der Waals surface area contributed by atoms with Crippen molar-refractivity contribution in [3.8, 4) is 0 Å². The molecule has 2 aliphatic heterocycles. The molecule has 0 aromatic heterocycles. The van der Waals surface area contributed by atoms with Gasteiger partial charge in [-0.25, -0.2) is 18.1 Å². The summed E-state index contributed by atoms with van der Waals surface area (Å²) in [5.74, 6) is -1.76. The molecule has 1 fully saturated rings. The van der Waals surface area contributed by atoms with Crippen LogP contribution in [0, 0.1) is 5.92 Å². The molecule has 1 saturated heterocycles. The summed E-state index contributed by atoms with van der Waals surface area (Å²) >= 11 is 6.16. The van der Waals surface area contributed by atoms with Crippen LogP contribution < -0.4 is 0 Å². The van der Waals surface area contributed by atoms with Gasteiger partial charge in [0.05, 0.1) is 21.7 Å². The smallest absolute Gasteiger partial charge is 0.339 e. The molecule has 4 rings (SSSR count). The van der Waals surface area contributed by atoms with Crippen molar-refractivity contribution in [2.24, 2.45) is 5.92 Å². The van der Waals surface area contributed by atoms with Crippen LogP contribution in [-0.2, 0) is 14.8 Å². The lowest BCUT2D eigenvalue weighted by molar-refractivity contribution is 0.0228. The summed E-state index contributed by atoms with van der Waals surface area (Å²) in [5, 5.41) is 0.000115. The number of ether oxygens (including phenoxy) is 1. The Balaban J connectivity index is 1.51. The van der Waals surface area contributed by atoms with Crippen molar-refractivity contribution >= 4 is 39.4 Å². The number of nitrogens with zero attached hydrogens (tertiary/aromatic N) is 2. The van der Waals surface area contributed by atoms with Gasteiger partial charge >= 0.3 is 5.97 Å². The second-order valence-corrected chi connectivity index (χ2v) is 10.2. The van der Waals surface area contributed by atoms with Gasteiger partial charge in [-0.15, -0.1) is 0 Å². The van der Waals surface area contributed by atoms with Crippen molar-refractivity contribution in [2.45, 2.75) is 24.7 Å². The summed E-state index contributed by atoms with van der Waals surface area (Å²) in [4.78, 5) is 38.0. The number of halogens is 1. The predicted octanol–water partition coefficient (Wildman–Crippen LogP) is 3.17. The van der Waals surface area contributed by atoms with Gasteiger partial charge in [0.15, 0.2) is 6.73 Å². The van der Waals surface area contributed by atoms with E-state index in [0.717, 1.165) is 17.7 Å². The number of carbonyl (C=O) groups is 3. The van der Waals surface area contributed by atoms with E-state index in [2.05, 4.69) is 0 Å². The van der Waals surface area contributed by atoms with Crippen LogP contribution >= 0.6 is 11.6 Å². The van der Waals surface area contributed by atoms with Gasteiger partial charge in [0, 0.05) is 13.1 Å². The van der Waals surface area contributed by atoms with Crippen LogP contribution in [-0.4, -0.2) is 55.2 Å². The number of benzene rings is 2. The number of imide groups is 1. The Morgan fingerprint density at radius 1 is 1.12 bits per heavy atom. The molecule has 32 heavy (non-hydrogen) atoms. The molecule has 2 aliphatic rings. The normalized spacial score (nSPS) is 19.2. The van der Waals surface area contributed by atoms with Crippen molar-refractivity contribution in [3.63, 3.8) is 0 Å². The maximum Gasteiger partial charge on any atom is 0.339 e. The van der Waals surface area contributed by atoms with Crippen LogP contribution in [0.25, 0.3) is 0 Å². The van der Waals surface area contributed by atoms with Crippen molar-refractivity contribution in [2.75, 3.05) is 19.8 Å². The molecule has 10 heteroatoms. The Kier molecular flexibility index (Phi) is 6.07. The average Bonchev–Trinajstić information content (AvgIpc) is 3.02. The van der Waals surface area contributed by atoms with Crippen molar-refractivity contribution in [3.05, 3.63) is 64.2 Å². The van der Waals surface area contributed by atoms with E-state index in [-0.39, 0.29) is 32.5 Å². The predicted molar refractivity (Wildman–Crippen MR) is 116 cm³/mol. The zero-order valence-corrected chi connectivity index (χ0v) is 18.9. The molecule has 2 aromatic rings. The summed E-state index contributed by atoms with van der Waals surface area (Å²) in [6.45, 7) is 2.17. The Labute approximate surface area is 190 Å². The van der Waals surface area contributed by atoms with Crippen LogP contribution in [0.1, 0.15) is 50.8 Å². The highest BCUT2D eigenvalue weighted by atomic mass is 35.5. The van der Waals surface area contributed by atoms with Gasteiger partial charge < -0.3 is 4.74 Å². The quantitative estimate of drug-likeness (QED) is 0.485. The number of amides is 2. The molecule has 0 spiro atoms. The average molecular weight is 477 g/mol. The number of sulfonamides is 1. The lowest BCUT2D eigenvalue weighted by atomic mass is 10.0. The molecule has 0 N–H and O–H groups in total.